The monoisotopic (exact) mass is 250 g/mol. The maximum absolute atomic E-state index is 11.6. The number of carbonyl (C=O) groups excluding carboxylic acids is 1. The molecule has 0 unspecified atom stereocenters. The molecule has 1 saturated carbocycles. The zero-order valence-corrected chi connectivity index (χ0v) is 11.4. The second kappa shape index (κ2) is 5.52. The molecule has 18 heavy (non-hydrogen) atoms. The number of rotatable bonds is 6. The maximum atomic E-state index is 11.6. The molecule has 2 N–H and O–H groups in total. The average molecular weight is 250 g/mol. The second-order valence-corrected chi connectivity index (χ2v) is 4.99. The lowest BCUT2D eigenvalue weighted by atomic mass is 10.2. The highest BCUT2D eigenvalue weighted by atomic mass is 16.1. The SMILES string of the molecule is CNCc1c(C)nn(CCC(=O)NC2CC2)c1C. The highest BCUT2D eigenvalue weighted by Gasteiger charge is 2.23. The van der Waals surface area contributed by atoms with Gasteiger partial charge in [0.25, 0.3) is 0 Å². The lowest BCUT2D eigenvalue weighted by molar-refractivity contribution is -0.121. The van der Waals surface area contributed by atoms with Crippen LogP contribution in [0.1, 0.15) is 36.2 Å². The molecule has 2 rings (SSSR count). The van der Waals surface area contributed by atoms with Crippen molar-refractivity contribution in [2.24, 2.45) is 0 Å². The molecule has 100 valence electrons. The molecular weight excluding hydrogens is 228 g/mol. The van der Waals surface area contributed by atoms with E-state index >= 15 is 0 Å². The first-order chi connectivity index (χ1) is 8.61. The van der Waals surface area contributed by atoms with Crippen LogP contribution < -0.4 is 10.6 Å². The molecule has 0 spiro atoms. The molecule has 1 heterocycles. The largest absolute Gasteiger partial charge is 0.353 e. The standard InChI is InChI=1S/C13H22N4O/c1-9-12(8-14-3)10(2)17(16-9)7-6-13(18)15-11-4-5-11/h11,14H,4-8H2,1-3H3,(H,15,18). The number of aromatic nitrogens is 2. The zero-order chi connectivity index (χ0) is 13.1. The molecule has 1 aliphatic rings. The summed E-state index contributed by atoms with van der Waals surface area (Å²) in [5.74, 6) is 0.139. The van der Waals surface area contributed by atoms with Crippen molar-refractivity contribution in [1.82, 2.24) is 20.4 Å². The summed E-state index contributed by atoms with van der Waals surface area (Å²) >= 11 is 0. The minimum Gasteiger partial charge on any atom is -0.353 e. The molecule has 0 saturated heterocycles. The predicted octanol–water partition coefficient (Wildman–Crippen LogP) is 0.888. The Labute approximate surface area is 108 Å². The summed E-state index contributed by atoms with van der Waals surface area (Å²) in [6.07, 6.45) is 2.79. The average Bonchev–Trinajstić information content (AvgIpc) is 3.09. The predicted molar refractivity (Wildman–Crippen MR) is 70.2 cm³/mol. The van der Waals surface area contributed by atoms with Gasteiger partial charge in [-0.05, 0) is 33.7 Å². The first kappa shape index (κ1) is 13.1. The Hall–Kier alpha value is -1.36. The Morgan fingerprint density at radius 2 is 2.17 bits per heavy atom. The van der Waals surface area contributed by atoms with Gasteiger partial charge in [0.15, 0.2) is 0 Å². The van der Waals surface area contributed by atoms with Crippen molar-refractivity contribution in [3.63, 3.8) is 0 Å². The molecule has 1 aromatic heterocycles. The van der Waals surface area contributed by atoms with E-state index in [0.717, 1.165) is 30.8 Å². The first-order valence-corrected chi connectivity index (χ1v) is 6.58. The van der Waals surface area contributed by atoms with Gasteiger partial charge < -0.3 is 10.6 Å². The van der Waals surface area contributed by atoms with Crippen LogP contribution in [-0.4, -0.2) is 28.8 Å². The molecule has 1 aromatic rings. The van der Waals surface area contributed by atoms with E-state index < -0.39 is 0 Å². The van der Waals surface area contributed by atoms with Gasteiger partial charge in [0, 0.05) is 36.8 Å². The molecule has 5 nitrogen and oxygen atoms in total. The molecule has 5 heteroatoms. The zero-order valence-electron chi connectivity index (χ0n) is 11.4. The van der Waals surface area contributed by atoms with Gasteiger partial charge in [-0.25, -0.2) is 0 Å². The van der Waals surface area contributed by atoms with E-state index in [4.69, 9.17) is 0 Å². The summed E-state index contributed by atoms with van der Waals surface area (Å²) < 4.78 is 1.94. The van der Waals surface area contributed by atoms with E-state index in [1.807, 2.05) is 18.7 Å². The van der Waals surface area contributed by atoms with Crippen molar-refractivity contribution >= 4 is 5.91 Å². The van der Waals surface area contributed by atoms with Crippen LogP contribution in [0.15, 0.2) is 0 Å². The molecule has 1 fully saturated rings. The van der Waals surface area contributed by atoms with Gasteiger partial charge in [-0.15, -0.1) is 0 Å². The molecule has 0 bridgehead atoms. The number of carbonyl (C=O) groups is 1. The van der Waals surface area contributed by atoms with Crippen molar-refractivity contribution < 1.29 is 4.79 Å². The minimum absolute atomic E-state index is 0.139. The molecule has 0 aromatic carbocycles. The van der Waals surface area contributed by atoms with E-state index in [1.165, 1.54) is 5.56 Å². The molecule has 1 amide bonds. The van der Waals surface area contributed by atoms with Gasteiger partial charge in [-0.2, -0.15) is 5.10 Å². The van der Waals surface area contributed by atoms with Crippen molar-refractivity contribution in [2.45, 2.75) is 52.2 Å². The Morgan fingerprint density at radius 3 is 2.78 bits per heavy atom. The minimum atomic E-state index is 0.139. The van der Waals surface area contributed by atoms with Crippen LogP contribution in [0.5, 0.6) is 0 Å². The third-order valence-electron chi connectivity index (χ3n) is 3.38. The Balaban J connectivity index is 1.91. The van der Waals surface area contributed by atoms with Crippen LogP contribution in [0.3, 0.4) is 0 Å². The normalized spacial score (nSPS) is 14.8. The Kier molecular flexibility index (Phi) is 4.01. The summed E-state index contributed by atoms with van der Waals surface area (Å²) in [5, 5.41) is 10.6. The van der Waals surface area contributed by atoms with E-state index in [-0.39, 0.29) is 5.91 Å². The fourth-order valence-electron chi connectivity index (χ4n) is 2.12. The second-order valence-electron chi connectivity index (χ2n) is 4.99. The smallest absolute Gasteiger partial charge is 0.222 e. The third-order valence-corrected chi connectivity index (χ3v) is 3.38. The van der Waals surface area contributed by atoms with Gasteiger partial charge in [0.2, 0.25) is 5.91 Å². The number of amides is 1. The summed E-state index contributed by atoms with van der Waals surface area (Å²) in [7, 11) is 1.93. The lowest BCUT2D eigenvalue weighted by Crippen LogP contribution is -2.26. The molecule has 0 aliphatic heterocycles. The molecule has 1 aliphatic carbocycles. The summed E-state index contributed by atoms with van der Waals surface area (Å²) in [5.41, 5.74) is 3.44. The van der Waals surface area contributed by atoms with Crippen molar-refractivity contribution in [3.8, 4) is 0 Å². The van der Waals surface area contributed by atoms with Crippen LogP contribution in [0.4, 0.5) is 0 Å². The Morgan fingerprint density at radius 1 is 1.44 bits per heavy atom. The van der Waals surface area contributed by atoms with Crippen LogP contribution in [0.25, 0.3) is 0 Å². The fourth-order valence-corrected chi connectivity index (χ4v) is 2.12. The highest BCUT2D eigenvalue weighted by Crippen LogP contribution is 2.19. The van der Waals surface area contributed by atoms with E-state index in [2.05, 4.69) is 22.7 Å². The number of nitrogens with one attached hydrogen (secondary N) is 2. The molecule has 0 radical (unpaired) electrons. The number of aryl methyl sites for hydroxylation is 2. The summed E-state index contributed by atoms with van der Waals surface area (Å²) in [4.78, 5) is 11.6. The van der Waals surface area contributed by atoms with Gasteiger partial charge in [-0.3, -0.25) is 9.48 Å². The highest BCUT2D eigenvalue weighted by molar-refractivity contribution is 5.76. The number of hydrogen-bond acceptors (Lipinski definition) is 3. The van der Waals surface area contributed by atoms with Gasteiger partial charge >= 0.3 is 0 Å². The van der Waals surface area contributed by atoms with Crippen molar-refractivity contribution in [1.29, 1.82) is 0 Å². The number of hydrogen-bond donors (Lipinski definition) is 2. The quantitative estimate of drug-likeness (QED) is 0.788. The summed E-state index contributed by atoms with van der Waals surface area (Å²) in [6.45, 7) is 5.56. The first-order valence-electron chi connectivity index (χ1n) is 6.58. The lowest BCUT2D eigenvalue weighted by Gasteiger charge is -2.06. The maximum Gasteiger partial charge on any atom is 0.222 e. The Bertz CT molecular complexity index is 434. The van der Waals surface area contributed by atoms with Crippen LogP contribution in [-0.2, 0) is 17.9 Å². The molecular formula is C13H22N4O. The van der Waals surface area contributed by atoms with Crippen LogP contribution >= 0.6 is 0 Å². The number of nitrogens with zero attached hydrogens (tertiary/aromatic N) is 2. The van der Waals surface area contributed by atoms with E-state index in [9.17, 15) is 4.79 Å². The fraction of sp³-hybridized carbons (Fsp3) is 0.692. The third kappa shape index (κ3) is 3.10. The van der Waals surface area contributed by atoms with Crippen molar-refractivity contribution in [3.05, 3.63) is 17.0 Å². The van der Waals surface area contributed by atoms with Crippen LogP contribution in [0.2, 0.25) is 0 Å². The van der Waals surface area contributed by atoms with E-state index in [1.54, 1.807) is 0 Å². The van der Waals surface area contributed by atoms with E-state index in [0.29, 0.717) is 19.0 Å². The summed E-state index contributed by atoms with van der Waals surface area (Å²) in [6, 6.07) is 0.442. The van der Waals surface area contributed by atoms with Gasteiger partial charge in [0.05, 0.1) is 5.69 Å². The topological polar surface area (TPSA) is 59.0 Å². The van der Waals surface area contributed by atoms with Crippen molar-refractivity contribution in [2.75, 3.05) is 7.05 Å². The van der Waals surface area contributed by atoms with Gasteiger partial charge in [0.1, 0.15) is 0 Å². The van der Waals surface area contributed by atoms with Crippen LogP contribution in [0, 0.1) is 13.8 Å². The molecule has 0 atom stereocenters. The van der Waals surface area contributed by atoms with Gasteiger partial charge in [-0.1, -0.05) is 0 Å².